The van der Waals surface area contributed by atoms with Gasteiger partial charge in [0.2, 0.25) is 5.43 Å². The highest BCUT2D eigenvalue weighted by Gasteiger charge is 2.14. The molecule has 1 aliphatic heterocycles. The number of nitrogens with zero attached hydrogens (tertiary/aromatic N) is 1. The number of H-pyrrole nitrogens is 1. The summed E-state index contributed by atoms with van der Waals surface area (Å²) < 4.78 is 5.28. The molecule has 6 nitrogen and oxygen atoms in total. The van der Waals surface area contributed by atoms with Gasteiger partial charge in [-0.15, -0.1) is 0 Å². The van der Waals surface area contributed by atoms with Crippen LogP contribution >= 0.6 is 11.6 Å². The summed E-state index contributed by atoms with van der Waals surface area (Å²) in [6, 6.07) is 4.93. The quantitative estimate of drug-likeness (QED) is 0.881. The molecule has 1 amide bonds. The number of ether oxygens (including phenoxy) is 1. The number of pyridine rings is 1. The van der Waals surface area contributed by atoms with Crippen LogP contribution in [0.4, 0.5) is 0 Å². The van der Waals surface area contributed by atoms with E-state index in [1.165, 1.54) is 6.20 Å². The molecule has 0 radical (unpaired) electrons. The molecule has 1 fully saturated rings. The summed E-state index contributed by atoms with van der Waals surface area (Å²) >= 11 is 5.90. The second-order valence-corrected chi connectivity index (χ2v) is 5.87. The number of hydrogen-bond acceptors (Lipinski definition) is 4. The van der Waals surface area contributed by atoms with E-state index in [1.54, 1.807) is 18.2 Å². The van der Waals surface area contributed by atoms with Crippen LogP contribution in [-0.2, 0) is 4.74 Å². The van der Waals surface area contributed by atoms with Crippen LogP contribution < -0.4 is 10.7 Å². The van der Waals surface area contributed by atoms with Gasteiger partial charge in [-0.3, -0.25) is 14.5 Å². The third-order valence-electron chi connectivity index (χ3n) is 3.90. The topological polar surface area (TPSA) is 74.4 Å². The van der Waals surface area contributed by atoms with Gasteiger partial charge in [-0.05, 0) is 18.2 Å². The molecule has 1 aromatic carbocycles. The van der Waals surface area contributed by atoms with Gasteiger partial charge in [0.05, 0.1) is 18.7 Å². The van der Waals surface area contributed by atoms with E-state index in [0.29, 0.717) is 22.5 Å². The molecule has 7 heteroatoms. The van der Waals surface area contributed by atoms with Crippen LogP contribution in [0.2, 0.25) is 5.02 Å². The molecule has 122 valence electrons. The smallest absolute Gasteiger partial charge is 0.256 e. The maximum Gasteiger partial charge on any atom is 0.256 e. The van der Waals surface area contributed by atoms with Gasteiger partial charge in [0.25, 0.3) is 5.91 Å². The Morgan fingerprint density at radius 3 is 2.91 bits per heavy atom. The number of carbonyl (C=O) groups excluding carboxylic acids is 1. The first-order valence-corrected chi connectivity index (χ1v) is 7.92. The zero-order valence-corrected chi connectivity index (χ0v) is 13.4. The van der Waals surface area contributed by atoms with Gasteiger partial charge in [0.1, 0.15) is 5.56 Å². The van der Waals surface area contributed by atoms with Crippen LogP contribution in [0, 0.1) is 0 Å². The summed E-state index contributed by atoms with van der Waals surface area (Å²) in [6.45, 7) is 4.43. The van der Waals surface area contributed by atoms with Gasteiger partial charge in [0, 0.05) is 42.8 Å². The molecule has 1 aromatic heterocycles. The number of halogens is 1. The van der Waals surface area contributed by atoms with Crippen molar-refractivity contribution in [2.24, 2.45) is 0 Å². The molecule has 2 aromatic rings. The number of morpholine rings is 1. The lowest BCUT2D eigenvalue weighted by atomic mass is 10.1. The van der Waals surface area contributed by atoms with Crippen molar-refractivity contribution in [1.29, 1.82) is 0 Å². The Hall–Kier alpha value is -1.89. The van der Waals surface area contributed by atoms with Crippen molar-refractivity contribution in [2.45, 2.75) is 0 Å². The van der Waals surface area contributed by atoms with Gasteiger partial charge < -0.3 is 15.0 Å². The van der Waals surface area contributed by atoms with Gasteiger partial charge in [-0.2, -0.15) is 0 Å². The molecule has 2 N–H and O–H groups in total. The fraction of sp³-hybridized carbons (Fsp3) is 0.375. The largest absolute Gasteiger partial charge is 0.379 e. The number of rotatable bonds is 4. The number of nitrogens with one attached hydrogen (secondary N) is 2. The van der Waals surface area contributed by atoms with Crippen molar-refractivity contribution in [3.05, 3.63) is 45.2 Å². The van der Waals surface area contributed by atoms with Crippen molar-refractivity contribution in [2.75, 3.05) is 39.4 Å². The lowest BCUT2D eigenvalue weighted by Gasteiger charge is -2.26. The van der Waals surface area contributed by atoms with E-state index < -0.39 is 0 Å². The van der Waals surface area contributed by atoms with E-state index >= 15 is 0 Å². The number of hydrogen-bond donors (Lipinski definition) is 2. The van der Waals surface area contributed by atoms with Crippen LogP contribution in [0.15, 0.2) is 29.2 Å². The number of amides is 1. The number of carbonyl (C=O) groups is 1. The average molecular weight is 336 g/mol. The van der Waals surface area contributed by atoms with E-state index in [-0.39, 0.29) is 16.9 Å². The number of benzene rings is 1. The van der Waals surface area contributed by atoms with Crippen LogP contribution in [0.3, 0.4) is 0 Å². The van der Waals surface area contributed by atoms with Crippen molar-refractivity contribution >= 4 is 28.4 Å². The van der Waals surface area contributed by atoms with E-state index in [9.17, 15) is 9.59 Å². The molecule has 3 rings (SSSR count). The predicted octanol–water partition coefficient (Wildman–Crippen LogP) is 1.24. The summed E-state index contributed by atoms with van der Waals surface area (Å²) in [7, 11) is 0. The molecule has 1 saturated heterocycles. The lowest BCUT2D eigenvalue weighted by molar-refractivity contribution is 0.0383. The standard InChI is InChI=1S/C16H18ClN3O3/c17-11-1-2-12-14(9-11)19-10-13(15(12)21)16(22)18-3-4-20-5-7-23-8-6-20/h1-2,9-10H,3-8H2,(H,18,22)(H,19,21). The molecular formula is C16H18ClN3O3. The zero-order chi connectivity index (χ0) is 16.2. The third kappa shape index (κ3) is 3.72. The molecular weight excluding hydrogens is 318 g/mol. The number of aromatic amines is 1. The highest BCUT2D eigenvalue weighted by atomic mass is 35.5. The Balaban J connectivity index is 1.67. The summed E-state index contributed by atoms with van der Waals surface area (Å²) in [5.41, 5.74) is 0.438. The van der Waals surface area contributed by atoms with Crippen molar-refractivity contribution in [3.63, 3.8) is 0 Å². The minimum atomic E-state index is -0.364. The lowest BCUT2D eigenvalue weighted by Crippen LogP contribution is -2.41. The fourth-order valence-corrected chi connectivity index (χ4v) is 2.78. The first-order valence-electron chi connectivity index (χ1n) is 7.54. The first-order chi connectivity index (χ1) is 11.1. The number of fused-ring (bicyclic) bond motifs is 1. The Morgan fingerprint density at radius 2 is 2.13 bits per heavy atom. The number of aromatic nitrogens is 1. The minimum Gasteiger partial charge on any atom is -0.379 e. The van der Waals surface area contributed by atoms with E-state index in [2.05, 4.69) is 15.2 Å². The summed E-state index contributed by atoms with van der Waals surface area (Å²) in [5.74, 6) is -0.364. The zero-order valence-electron chi connectivity index (χ0n) is 12.6. The molecule has 0 bridgehead atoms. The SMILES string of the molecule is O=C(NCCN1CCOCC1)c1c[nH]c2cc(Cl)ccc2c1=O. The predicted molar refractivity (Wildman–Crippen MR) is 89.2 cm³/mol. The van der Waals surface area contributed by atoms with Gasteiger partial charge in [-0.25, -0.2) is 0 Å². The highest BCUT2D eigenvalue weighted by Crippen LogP contribution is 2.15. The minimum absolute atomic E-state index is 0.113. The Labute approximate surface area is 138 Å². The van der Waals surface area contributed by atoms with Gasteiger partial charge in [-0.1, -0.05) is 11.6 Å². The molecule has 2 heterocycles. The van der Waals surface area contributed by atoms with Crippen molar-refractivity contribution in [3.8, 4) is 0 Å². The first kappa shape index (κ1) is 16.0. The van der Waals surface area contributed by atoms with E-state index in [4.69, 9.17) is 16.3 Å². The summed E-state index contributed by atoms with van der Waals surface area (Å²) in [6.07, 6.45) is 1.44. The highest BCUT2D eigenvalue weighted by molar-refractivity contribution is 6.31. The molecule has 0 aliphatic carbocycles. The Morgan fingerprint density at radius 1 is 1.35 bits per heavy atom. The van der Waals surface area contributed by atoms with E-state index in [1.807, 2.05) is 0 Å². The fourth-order valence-electron chi connectivity index (χ4n) is 2.61. The maximum atomic E-state index is 12.4. The summed E-state index contributed by atoms with van der Waals surface area (Å²) in [4.78, 5) is 29.8. The van der Waals surface area contributed by atoms with Gasteiger partial charge >= 0.3 is 0 Å². The second-order valence-electron chi connectivity index (χ2n) is 5.43. The van der Waals surface area contributed by atoms with Crippen LogP contribution in [0.25, 0.3) is 10.9 Å². The van der Waals surface area contributed by atoms with Gasteiger partial charge in [0.15, 0.2) is 0 Å². The van der Waals surface area contributed by atoms with E-state index in [0.717, 1.165) is 32.8 Å². The monoisotopic (exact) mass is 335 g/mol. The second kappa shape index (κ2) is 7.12. The molecule has 0 unspecified atom stereocenters. The summed E-state index contributed by atoms with van der Waals surface area (Å²) in [5, 5.41) is 3.79. The molecule has 0 spiro atoms. The molecule has 0 atom stereocenters. The maximum absolute atomic E-state index is 12.4. The van der Waals surface area contributed by atoms with Crippen molar-refractivity contribution in [1.82, 2.24) is 15.2 Å². The van der Waals surface area contributed by atoms with Crippen LogP contribution in [0.1, 0.15) is 10.4 Å². The Kier molecular flexibility index (Phi) is 4.95. The van der Waals surface area contributed by atoms with Crippen molar-refractivity contribution < 1.29 is 9.53 Å². The molecule has 0 saturated carbocycles. The van der Waals surface area contributed by atoms with Crippen LogP contribution in [0.5, 0.6) is 0 Å². The molecule has 23 heavy (non-hydrogen) atoms. The van der Waals surface area contributed by atoms with Crippen LogP contribution in [-0.4, -0.2) is 55.2 Å². The normalized spacial score (nSPS) is 15.7. The molecule has 1 aliphatic rings. The Bertz CT molecular complexity index is 769. The third-order valence-corrected chi connectivity index (χ3v) is 4.14. The average Bonchev–Trinajstić information content (AvgIpc) is 2.56.